The zero-order valence-corrected chi connectivity index (χ0v) is 12.0. The lowest BCUT2D eigenvalue weighted by molar-refractivity contribution is 0.0229. The number of aliphatic hydroxyl groups is 1. The number of ether oxygens (including phenoxy) is 1. The van der Waals surface area contributed by atoms with Gasteiger partial charge in [0.05, 0.1) is 31.7 Å². The Kier molecular flexibility index (Phi) is 3.20. The second-order valence-electron chi connectivity index (χ2n) is 5.68. The number of imidazole rings is 1. The van der Waals surface area contributed by atoms with E-state index in [1.807, 2.05) is 16.7 Å². The number of fused-ring (bicyclic) bond motifs is 1. The summed E-state index contributed by atoms with van der Waals surface area (Å²) in [5, 5.41) is 12.4. The average Bonchev–Trinajstić information content (AvgIpc) is 3.24. The fourth-order valence-corrected chi connectivity index (χ4v) is 2.57. The fraction of sp³-hybridized carbons (Fsp3) is 0.500. The van der Waals surface area contributed by atoms with Crippen LogP contribution in [-0.4, -0.2) is 50.0 Å². The second kappa shape index (κ2) is 5.22. The lowest BCUT2D eigenvalue weighted by atomic mass is 10.2. The van der Waals surface area contributed by atoms with Crippen molar-refractivity contribution >= 4 is 22.9 Å². The number of nitrogens with one attached hydrogen (secondary N) is 1. The first-order valence-electron chi connectivity index (χ1n) is 7.42. The maximum Gasteiger partial charge on any atom is 0.224 e. The Balaban J connectivity index is 1.71. The molecule has 2 aromatic rings. The third-order valence-electron chi connectivity index (χ3n) is 3.92. The monoisotopic (exact) mass is 302 g/mol. The van der Waals surface area contributed by atoms with Gasteiger partial charge in [-0.05, 0) is 12.8 Å². The van der Waals surface area contributed by atoms with Gasteiger partial charge in [0, 0.05) is 6.04 Å². The molecule has 4 N–H and O–H groups in total. The standard InChI is InChI=1S/C14H18N6O2/c15-14-18-12(17-8-1-2-8)11-13(19-14)20(7-16-11)9-3-4-10(5-21)22-6-9/h3-4,7-10,21H,1-2,5-6H2,(H3,15,17,18,19)/t9-,10-/m0/s1. The molecule has 1 aliphatic carbocycles. The molecule has 22 heavy (non-hydrogen) atoms. The molecule has 1 aliphatic heterocycles. The molecule has 2 aromatic heterocycles. The van der Waals surface area contributed by atoms with Crippen LogP contribution < -0.4 is 11.1 Å². The van der Waals surface area contributed by atoms with Crippen LogP contribution in [0.5, 0.6) is 0 Å². The molecule has 8 nitrogen and oxygen atoms in total. The van der Waals surface area contributed by atoms with Gasteiger partial charge in [-0.15, -0.1) is 0 Å². The minimum absolute atomic E-state index is 0.0154. The highest BCUT2D eigenvalue weighted by Gasteiger charge is 2.25. The molecule has 2 aliphatic rings. The average molecular weight is 302 g/mol. The number of aliphatic hydroxyl groups excluding tert-OH is 1. The van der Waals surface area contributed by atoms with Crippen molar-refractivity contribution in [2.24, 2.45) is 0 Å². The molecular weight excluding hydrogens is 284 g/mol. The lowest BCUT2D eigenvalue weighted by Crippen LogP contribution is -2.25. The summed E-state index contributed by atoms with van der Waals surface area (Å²) in [6.45, 7) is 0.445. The van der Waals surface area contributed by atoms with Crippen molar-refractivity contribution in [3.8, 4) is 0 Å². The Morgan fingerprint density at radius 3 is 2.91 bits per heavy atom. The molecule has 3 heterocycles. The molecule has 0 amide bonds. The van der Waals surface area contributed by atoms with Crippen molar-refractivity contribution in [3.63, 3.8) is 0 Å². The van der Waals surface area contributed by atoms with Crippen LogP contribution in [-0.2, 0) is 4.74 Å². The molecule has 0 unspecified atom stereocenters. The topological polar surface area (TPSA) is 111 Å². The highest BCUT2D eigenvalue weighted by Crippen LogP contribution is 2.29. The van der Waals surface area contributed by atoms with Gasteiger partial charge in [0.25, 0.3) is 0 Å². The number of nitrogens with zero attached hydrogens (tertiary/aromatic N) is 4. The molecule has 0 radical (unpaired) electrons. The number of nitrogen functional groups attached to an aromatic ring is 1. The second-order valence-corrected chi connectivity index (χ2v) is 5.68. The van der Waals surface area contributed by atoms with Crippen molar-refractivity contribution < 1.29 is 9.84 Å². The summed E-state index contributed by atoms with van der Waals surface area (Å²) in [6.07, 6.45) is 7.64. The van der Waals surface area contributed by atoms with E-state index in [0.717, 1.165) is 18.4 Å². The largest absolute Gasteiger partial charge is 0.393 e. The Bertz CT molecular complexity index is 723. The third-order valence-corrected chi connectivity index (χ3v) is 3.92. The van der Waals surface area contributed by atoms with Crippen molar-refractivity contribution in [1.82, 2.24) is 19.5 Å². The molecule has 1 fully saturated rings. The predicted molar refractivity (Wildman–Crippen MR) is 81.4 cm³/mol. The van der Waals surface area contributed by atoms with Crippen molar-refractivity contribution in [3.05, 3.63) is 18.5 Å². The van der Waals surface area contributed by atoms with Gasteiger partial charge >= 0.3 is 0 Å². The van der Waals surface area contributed by atoms with Gasteiger partial charge in [0.2, 0.25) is 5.95 Å². The van der Waals surface area contributed by atoms with E-state index < -0.39 is 0 Å². The Hall–Kier alpha value is -2.19. The van der Waals surface area contributed by atoms with Crippen molar-refractivity contribution in [1.29, 1.82) is 0 Å². The van der Waals surface area contributed by atoms with E-state index in [1.165, 1.54) is 0 Å². The van der Waals surface area contributed by atoms with E-state index >= 15 is 0 Å². The summed E-state index contributed by atoms with van der Waals surface area (Å²) in [5.41, 5.74) is 7.25. The van der Waals surface area contributed by atoms with Gasteiger partial charge in [-0.1, -0.05) is 12.2 Å². The molecule has 4 rings (SSSR count). The third kappa shape index (κ3) is 2.40. The molecule has 0 bridgehead atoms. The summed E-state index contributed by atoms with van der Waals surface area (Å²) < 4.78 is 7.50. The first-order valence-corrected chi connectivity index (χ1v) is 7.42. The van der Waals surface area contributed by atoms with Gasteiger partial charge in [-0.2, -0.15) is 9.97 Å². The van der Waals surface area contributed by atoms with Crippen LogP contribution in [0.15, 0.2) is 18.5 Å². The number of anilines is 2. The first-order chi connectivity index (χ1) is 10.7. The lowest BCUT2D eigenvalue weighted by Gasteiger charge is -2.23. The number of hydrogen-bond acceptors (Lipinski definition) is 7. The molecule has 8 heteroatoms. The molecule has 116 valence electrons. The predicted octanol–water partition coefficient (Wildman–Crippen LogP) is 0.471. The molecule has 0 spiro atoms. The van der Waals surface area contributed by atoms with E-state index in [2.05, 4.69) is 20.3 Å². The summed E-state index contributed by atoms with van der Waals surface area (Å²) in [5.74, 6) is 0.920. The number of nitrogens with two attached hydrogens (primary N) is 1. The Morgan fingerprint density at radius 1 is 1.36 bits per heavy atom. The molecule has 0 aromatic carbocycles. The van der Waals surface area contributed by atoms with Crippen molar-refractivity contribution in [2.45, 2.75) is 31.0 Å². The van der Waals surface area contributed by atoms with Gasteiger partial charge < -0.3 is 25.5 Å². The summed E-state index contributed by atoms with van der Waals surface area (Å²) in [7, 11) is 0. The first kappa shape index (κ1) is 13.5. The Morgan fingerprint density at radius 2 is 2.23 bits per heavy atom. The summed E-state index contributed by atoms with van der Waals surface area (Å²) in [6, 6.07) is 0.446. The number of aromatic nitrogens is 4. The van der Waals surface area contributed by atoms with Gasteiger partial charge in [-0.3, -0.25) is 0 Å². The van der Waals surface area contributed by atoms with Crippen LogP contribution in [0.2, 0.25) is 0 Å². The minimum atomic E-state index is -0.238. The molecule has 1 saturated carbocycles. The maximum atomic E-state index is 9.10. The molecular formula is C14H18N6O2. The smallest absolute Gasteiger partial charge is 0.224 e. The van der Waals surface area contributed by atoms with Crippen LogP contribution in [0.25, 0.3) is 11.2 Å². The normalized spacial score (nSPS) is 24.8. The number of hydrogen-bond donors (Lipinski definition) is 3. The van der Waals surface area contributed by atoms with Crippen LogP contribution >= 0.6 is 0 Å². The van der Waals surface area contributed by atoms with E-state index in [0.29, 0.717) is 24.1 Å². The van der Waals surface area contributed by atoms with E-state index in [4.69, 9.17) is 15.6 Å². The highest BCUT2D eigenvalue weighted by molar-refractivity contribution is 5.84. The summed E-state index contributed by atoms with van der Waals surface area (Å²) >= 11 is 0. The fourth-order valence-electron chi connectivity index (χ4n) is 2.57. The van der Waals surface area contributed by atoms with E-state index in [9.17, 15) is 0 Å². The highest BCUT2D eigenvalue weighted by atomic mass is 16.5. The van der Waals surface area contributed by atoms with Gasteiger partial charge in [0.1, 0.15) is 0 Å². The summed E-state index contributed by atoms with van der Waals surface area (Å²) in [4.78, 5) is 13.0. The van der Waals surface area contributed by atoms with Gasteiger partial charge in [-0.25, -0.2) is 4.98 Å². The van der Waals surface area contributed by atoms with Crippen LogP contribution in [0.4, 0.5) is 11.8 Å². The zero-order valence-electron chi connectivity index (χ0n) is 12.0. The van der Waals surface area contributed by atoms with Gasteiger partial charge in [0.15, 0.2) is 17.0 Å². The van der Waals surface area contributed by atoms with Crippen LogP contribution in [0.1, 0.15) is 18.9 Å². The van der Waals surface area contributed by atoms with Crippen LogP contribution in [0.3, 0.4) is 0 Å². The zero-order chi connectivity index (χ0) is 15.1. The SMILES string of the molecule is Nc1nc(NC2CC2)c2ncn([C@H]3C=C[C@@H](CO)OC3)c2n1. The maximum absolute atomic E-state index is 9.10. The van der Waals surface area contributed by atoms with Crippen LogP contribution in [0, 0.1) is 0 Å². The molecule has 0 saturated heterocycles. The number of rotatable bonds is 4. The Labute approximate surface area is 127 Å². The quantitative estimate of drug-likeness (QED) is 0.704. The van der Waals surface area contributed by atoms with E-state index in [-0.39, 0.29) is 24.7 Å². The minimum Gasteiger partial charge on any atom is -0.393 e. The van der Waals surface area contributed by atoms with Crippen molar-refractivity contribution in [2.75, 3.05) is 24.3 Å². The molecule has 2 atom stereocenters. The van der Waals surface area contributed by atoms with E-state index in [1.54, 1.807) is 6.33 Å².